The minimum absolute atomic E-state index is 0.0636. The van der Waals surface area contributed by atoms with Gasteiger partial charge in [-0.25, -0.2) is 4.79 Å². The molecular formula is C13H17N3O3. The Labute approximate surface area is 112 Å². The van der Waals surface area contributed by atoms with Crippen molar-refractivity contribution >= 4 is 12.0 Å². The van der Waals surface area contributed by atoms with Gasteiger partial charge in [-0.15, -0.1) is 0 Å². The average molecular weight is 263 g/mol. The second kappa shape index (κ2) is 5.69. The molecule has 0 aliphatic carbocycles. The first-order valence-electron chi connectivity index (χ1n) is 6.13. The number of amides is 2. The Morgan fingerprint density at radius 1 is 1.53 bits per heavy atom. The first-order chi connectivity index (χ1) is 9.13. The van der Waals surface area contributed by atoms with Gasteiger partial charge in [0.15, 0.2) is 0 Å². The number of hydrogen-bond acceptors (Lipinski definition) is 4. The van der Waals surface area contributed by atoms with E-state index < -0.39 is 0 Å². The molecule has 0 bridgehead atoms. The normalized spacial score (nSPS) is 18.8. The summed E-state index contributed by atoms with van der Waals surface area (Å²) in [6.07, 6.45) is 1.93. The summed E-state index contributed by atoms with van der Waals surface area (Å²) >= 11 is 0. The molecule has 6 nitrogen and oxygen atoms in total. The van der Waals surface area contributed by atoms with Gasteiger partial charge in [-0.2, -0.15) is 0 Å². The minimum Gasteiger partial charge on any atom is -0.469 e. The second-order valence-corrected chi connectivity index (χ2v) is 4.44. The van der Waals surface area contributed by atoms with Gasteiger partial charge >= 0.3 is 12.0 Å². The van der Waals surface area contributed by atoms with Crippen LogP contribution in [0.4, 0.5) is 4.79 Å². The van der Waals surface area contributed by atoms with Gasteiger partial charge in [0.1, 0.15) is 0 Å². The first kappa shape index (κ1) is 13.3. The summed E-state index contributed by atoms with van der Waals surface area (Å²) in [7, 11) is 3.09. The number of nitrogens with zero attached hydrogens (tertiary/aromatic N) is 3. The summed E-state index contributed by atoms with van der Waals surface area (Å²) in [4.78, 5) is 30.8. The van der Waals surface area contributed by atoms with Gasteiger partial charge in [0.2, 0.25) is 0 Å². The number of esters is 1. The molecule has 1 fully saturated rings. The molecule has 1 unspecified atom stereocenters. The minimum atomic E-state index is -0.309. The van der Waals surface area contributed by atoms with E-state index in [1.165, 1.54) is 7.11 Å². The Bertz CT molecular complexity index is 463. The van der Waals surface area contributed by atoms with Gasteiger partial charge in [-0.1, -0.05) is 6.07 Å². The van der Waals surface area contributed by atoms with Crippen LogP contribution in [0.15, 0.2) is 24.4 Å². The molecule has 0 aromatic carbocycles. The van der Waals surface area contributed by atoms with Crippen LogP contribution < -0.4 is 0 Å². The van der Waals surface area contributed by atoms with E-state index in [4.69, 9.17) is 0 Å². The average Bonchev–Trinajstić information content (AvgIpc) is 2.73. The van der Waals surface area contributed by atoms with Gasteiger partial charge in [-0.3, -0.25) is 9.78 Å². The molecule has 1 saturated heterocycles. The zero-order chi connectivity index (χ0) is 13.8. The molecule has 102 valence electrons. The quantitative estimate of drug-likeness (QED) is 0.762. The fourth-order valence-corrected chi connectivity index (χ4v) is 2.15. The molecule has 0 radical (unpaired) electrons. The summed E-state index contributed by atoms with van der Waals surface area (Å²) in [6, 6.07) is 5.50. The van der Waals surface area contributed by atoms with Crippen molar-refractivity contribution in [2.24, 2.45) is 0 Å². The Kier molecular flexibility index (Phi) is 3.99. The predicted octanol–water partition coefficient (Wildman–Crippen LogP) is 1.05. The summed E-state index contributed by atoms with van der Waals surface area (Å²) in [5.41, 5.74) is 0.860. The summed E-state index contributed by atoms with van der Waals surface area (Å²) in [5.74, 6) is -0.309. The second-order valence-electron chi connectivity index (χ2n) is 4.44. The van der Waals surface area contributed by atoms with Crippen molar-refractivity contribution in [3.05, 3.63) is 30.1 Å². The van der Waals surface area contributed by atoms with Crippen LogP contribution in [0.5, 0.6) is 0 Å². The summed E-state index contributed by atoms with van der Waals surface area (Å²) < 4.78 is 4.58. The third-order valence-corrected chi connectivity index (χ3v) is 3.28. The zero-order valence-electron chi connectivity index (χ0n) is 11.1. The molecular weight excluding hydrogens is 246 g/mol. The third-order valence-electron chi connectivity index (χ3n) is 3.28. The van der Waals surface area contributed by atoms with Gasteiger partial charge in [0.05, 0.1) is 25.3 Å². The molecule has 6 heteroatoms. The van der Waals surface area contributed by atoms with Crippen molar-refractivity contribution < 1.29 is 14.3 Å². The molecule has 2 heterocycles. The number of methoxy groups -OCH3 is 1. The maximum Gasteiger partial charge on any atom is 0.320 e. The highest BCUT2D eigenvalue weighted by Gasteiger charge is 2.36. The number of rotatable bonds is 4. The Morgan fingerprint density at radius 3 is 2.95 bits per heavy atom. The van der Waals surface area contributed by atoms with Gasteiger partial charge in [0.25, 0.3) is 0 Å². The van der Waals surface area contributed by atoms with Gasteiger partial charge in [-0.05, 0) is 12.1 Å². The number of ether oxygens (including phenoxy) is 1. The molecule has 0 spiro atoms. The van der Waals surface area contributed by atoms with E-state index in [0.29, 0.717) is 13.1 Å². The number of aromatic nitrogens is 1. The van der Waals surface area contributed by atoms with E-state index in [0.717, 1.165) is 5.69 Å². The van der Waals surface area contributed by atoms with Crippen LogP contribution in [0.2, 0.25) is 0 Å². The van der Waals surface area contributed by atoms with Crippen LogP contribution in [-0.2, 0) is 9.53 Å². The maximum absolute atomic E-state index is 12.1. The monoisotopic (exact) mass is 263 g/mol. The van der Waals surface area contributed by atoms with Crippen molar-refractivity contribution in [3.63, 3.8) is 0 Å². The number of urea groups is 1. The lowest BCUT2D eigenvalue weighted by molar-refractivity contribution is -0.140. The first-order valence-corrected chi connectivity index (χ1v) is 6.13. The van der Waals surface area contributed by atoms with Crippen LogP contribution >= 0.6 is 0 Å². The number of hydrogen-bond donors (Lipinski definition) is 0. The standard InChI is InChI=1S/C13H17N3O3/c1-15-11(10-5-3-4-7-14-10)9-16(13(15)18)8-6-12(17)19-2/h3-5,7,11H,6,8-9H2,1-2H3. The summed E-state index contributed by atoms with van der Waals surface area (Å²) in [5, 5.41) is 0. The molecule has 2 amide bonds. The SMILES string of the molecule is COC(=O)CCN1CC(c2ccccn2)N(C)C1=O. The fraction of sp³-hybridized carbons (Fsp3) is 0.462. The van der Waals surface area contributed by atoms with E-state index in [-0.39, 0.29) is 24.5 Å². The Balaban J connectivity index is 2.02. The molecule has 19 heavy (non-hydrogen) atoms. The Hall–Kier alpha value is -2.11. The molecule has 2 rings (SSSR count). The van der Waals surface area contributed by atoms with Crippen LogP contribution in [0.25, 0.3) is 0 Å². The van der Waals surface area contributed by atoms with E-state index in [1.54, 1.807) is 23.0 Å². The van der Waals surface area contributed by atoms with E-state index >= 15 is 0 Å². The largest absolute Gasteiger partial charge is 0.469 e. The van der Waals surface area contributed by atoms with Crippen LogP contribution in [-0.4, -0.2) is 54.0 Å². The van der Waals surface area contributed by atoms with Crippen molar-refractivity contribution in [3.8, 4) is 0 Å². The van der Waals surface area contributed by atoms with Crippen molar-refractivity contribution in [1.29, 1.82) is 0 Å². The topological polar surface area (TPSA) is 62.7 Å². The fourth-order valence-electron chi connectivity index (χ4n) is 2.15. The highest BCUT2D eigenvalue weighted by Crippen LogP contribution is 2.26. The van der Waals surface area contributed by atoms with Crippen LogP contribution in [0.3, 0.4) is 0 Å². The molecule has 1 aromatic heterocycles. The van der Waals surface area contributed by atoms with Crippen LogP contribution in [0, 0.1) is 0 Å². The molecule has 0 N–H and O–H groups in total. The Morgan fingerprint density at radius 2 is 2.32 bits per heavy atom. The van der Waals surface area contributed by atoms with E-state index in [9.17, 15) is 9.59 Å². The van der Waals surface area contributed by atoms with E-state index in [1.807, 2.05) is 18.2 Å². The molecule has 1 aliphatic rings. The molecule has 1 atom stereocenters. The van der Waals surface area contributed by atoms with Crippen molar-refractivity contribution in [1.82, 2.24) is 14.8 Å². The lowest BCUT2D eigenvalue weighted by Gasteiger charge is -2.16. The van der Waals surface area contributed by atoms with Gasteiger partial charge < -0.3 is 14.5 Å². The third kappa shape index (κ3) is 2.83. The molecule has 1 aliphatic heterocycles. The molecule has 1 aromatic rings. The lowest BCUT2D eigenvalue weighted by atomic mass is 10.2. The van der Waals surface area contributed by atoms with Crippen molar-refractivity contribution in [2.75, 3.05) is 27.2 Å². The van der Waals surface area contributed by atoms with Gasteiger partial charge in [0, 0.05) is 26.3 Å². The highest BCUT2D eigenvalue weighted by atomic mass is 16.5. The number of likely N-dealkylation sites (N-methyl/N-ethyl adjacent to an activating group) is 1. The number of carbonyl (C=O) groups is 2. The number of carbonyl (C=O) groups excluding carboxylic acids is 2. The maximum atomic E-state index is 12.1. The van der Waals surface area contributed by atoms with Crippen LogP contribution in [0.1, 0.15) is 18.2 Å². The molecule has 0 saturated carbocycles. The highest BCUT2D eigenvalue weighted by molar-refractivity contribution is 5.78. The predicted molar refractivity (Wildman–Crippen MR) is 68.3 cm³/mol. The lowest BCUT2D eigenvalue weighted by Crippen LogP contribution is -2.31. The van der Waals surface area contributed by atoms with E-state index in [2.05, 4.69) is 9.72 Å². The summed E-state index contributed by atoms with van der Waals surface area (Å²) in [6.45, 7) is 0.919. The van der Waals surface area contributed by atoms with Crippen molar-refractivity contribution in [2.45, 2.75) is 12.5 Å². The smallest absolute Gasteiger partial charge is 0.320 e. The number of pyridine rings is 1. The zero-order valence-corrected chi connectivity index (χ0v) is 11.1.